The summed E-state index contributed by atoms with van der Waals surface area (Å²) < 4.78 is 3.82. The third kappa shape index (κ3) is 2.93. The lowest BCUT2D eigenvalue weighted by Gasteiger charge is -2.15. The maximum absolute atomic E-state index is 12.1. The lowest BCUT2D eigenvalue weighted by molar-refractivity contribution is 0.251. The molecule has 0 radical (unpaired) electrons. The van der Waals surface area contributed by atoms with Crippen LogP contribution in [0.15, 0.2) is 6.07 Å². The van der Waals surface area contributed by atoms with Crippen LogP contribution >= 0.6 is 0 Å². The molecule has 2 N–H and O–H groups in total. The molecule has 1 aliphatic carbocycles. The van der Waals surface area contributed by atoms with E-state index in [4.69, 9.17) is 0 Å². The van der Waals surface area contributed by atoms with Gasteiger partial charge in [0.05, 0.1) is 12.2 Å². The molecule has 1 fully saturated rings. The van der Waals surface area contributed by atoms with Crippen molar-refractivity contribution in [1.29, 1.82) is 0 Å². The molecule has 0 aromatic carbocycles. The first-order chi connectivity index (χ1) is 11.2. The summed E-state index contributed by atoms with van der Waals surface area (Å²) >= 11 is 0. The van der Waals surface area contributed by atoms with Gasteiger partial charge >= 0.3 is 6.03 Å². The minimum Gasteiger partial charge on any atom is -0.331 e. The summed E-state index contributed by atoms with van der Waals surface area (Å²) in [6.07, 6.45) is 5.67. The van der Waals surface area contributed by atoms with Crippen molar-refractivity contribution in [2.75, 3.05) is 5.32 Å². The van der Waals surface area contributed by atoms with Gasteiger partial charge in [-0.25, -0.2) is 4.79 Å². The van der Waals surface area contributed by atoms with E-state index in [2.05, 4.69) is 30.5 Å². The fraction of sp³-hybridized carbons (Fsp3) is 0.600. The number of amides is 2. The molecular formula is C15H21N7O. The lowest BCUT2D eigenvalue weighted by atomic mass is 10.2. The average Bonchev–Trinajstić information content (AvgIpc) is 3.23. The predicted octanol–water partition coefficient (Wildman–Crippen LogP) is 1.55. The van der Waals surface area contributed by atoms with Crippen LogP contribution in [0.5, 0.6) is 0 Å². The maximum Gasteiger partial charge on any atom is 0.320 e. The van der Waals surface area contributed by atoms with Gasteiger partial charge in [-0.3, -0.25) is 10.00 Å². The molecular weight excluding hydrogens is 294 g/mol. The molecule has 1 aliphatic heterocycles. The smallest absolute Gasteiger partial charge is 0.320 e. The van der Waals surface area contributed by atoms with Crippen molar-refractivity contribution in [2.24, 2.45) is 7.05 Å². The molecule has 2 aromatic rings. The number of nitrogens with one attached hydrogen (secondary N) is 2. The van der Waals surface area contributed by atoms with E-state index in [1.54, 1.807) is 4.68 Å². The first kappa shape index (κ1) is 14.2. The van der Waals surface area contributed by atoms with Crippen molar-refractivity contribution in [2.45, 2.75) is 51.1 Å². The number of aromatic nitrogens is 5. The Hall–Kier alpha value is -2.38. The van der Waals surface area contributed by atoms with Gasteiger partial charge < -0.3 is 9.88 Å². The molecule has 23 heavy (non-hydrogen) atoms. The Morgan fingerprint density at radius 1 is 1.35 bits per heavy atom. The van der Waals surface area contributed by atoms with Gasteiger partial charge in [0.15, 0.2) is 5.82 Å². The summed E-state index contributed by atoms with van der Waals surface area (Å²) in [5.74, 6) is 3.13. The number of fused-ring (bicyclic) bond motifs is 1. The van der Waals surface area contributed by atoms with Crippen LogP contribution in [-0.2, 0) is 26.6 Å². The van der Waals surface area contributed by atoms with Crippen molar-refractivity contribution < 1.29 is 4.79 Å². The van der Waals surface area contributed by atoms with Crippen LogP contribution in [0.3, 0.4) is 0 Å². The third-order valence-corrected chi connectivity index (χ3v) is 4.48. The molecule has 1 saturated carbocycles. The lowest BCUT2D eigenvalue weighted by Crippen LogP contribution is -2.30. The number of aryl methyl sites for hydroxylation is 2. The molecule has 8 heteroatoms. The zero-order chi connectivity index (χ0) is 15.8. The number of urea groups is 1. The van der Waals surface area contributed by atoms with Crippen molar-refractivity contribution >= 4 is 11.8 Å². The molecule has 122 valence electrons. The number of hydrogen-bond donors (Lipinski definition) is 2. The van der Waals surface area contributed by atoms with E-state index in [-0.39, 0.29) is 6.03 Å². The summed E-state index contributed by atoms with van der Waals surface area (Å²) in [6.45, 7) is 1.32. The molecule has 0 unspecified atom stereocenters. The van der Waals surface area contributed by atoms with Crippen LogP contribution < -0.4 is 10.6 Å². The molecule has 0 atom stereocenters. The minimum atomic E-state index is -0.247. The Balaban J connectivity index is 1.36. The highest BCUT2D eigenvalue weighted by atomic mass is 16.2. The third-order valence-electron chi connectivity index (χ3n) is 4.48. The SMILES string of the molecule is Cn1nc(C2CC2)cc1NC(=O)NCc1nnc2n1CCCC2. The summed E-state index contributed by atoms with van der Waals surface area (Å²) in [5, 5.41) is 18.5. The zero-order valence-electron chi connectivity index (χ0n) is 13.2. The second kappa shape index (κ2) is 5.68. The number of hydrogen-bond acceptors (Lipinski definition) is 4. The second-order valence-electron chi connectivity index (χ2n) is 6.30. The van der Waals surface area contributed by atoms with Crippen molar-refractivity contribution in [1.82, 2.24) is 29.9 Å². The fourth-order valence-corrected chi connectivity index (χ4v) is 3.00. The van der Waals surface area contributed by atoms with E-state index < -0.39 is 0 Å². The molecule has 4 rings (SSSR count). The van der Waals surface area contributed by atoms with E-state index in [0.717, 1.165) is 43.1 Å². The first-order valence-electron chi connectivity index (χ1n) is 8.20. The van der Waals surface area contributed by atoms with Crippen molar-refractivity contribution in [3.63, 3.8) is 0 Å². The molecule has 8 nitrogen and oxygen atoms in total. The summed E-state index contributed by atoms with van der Waals surface area (Å²) in [4.78, 5) is 12.1. The average molecular weight is 315 g/mol. The van der Waals surface area contributed by atoms with Crippen LogP contribution in [0.1, 0.15) is 48.9 Å². The second-order valence-corrected chi connectivity index (χ2v) is 6.30. The summed E-state index contributed by atoms with van der Waals surface area (Å²) in [7, 11) is 1.84. The number of anilines is 1. The topological polar surface area (TPSA) is 89.7 Å². The van der Waals surface area contributed by atoms with Gasteiger partial charge in [0.25, 0.3) is 0 Å². The largest absolute Gasteiger partial charge is 0.331 e. The van der Waals surface area contributed by atoms with Crippen molar-refractivity contribution in [3.05, 3.63) is 23.4 Å². The van der Waals surface area contributed by atoms with Gasteiger partial charge in [-0.15, -0.1) is 10.2 Å². The standard InChI is InChI=1S/C15H21N7O/c1-21-13(8-11(20-21)10-5-6-10)17-15(23)16-9-14-19-18-12-4-2-3-7-22(12)14/h8,10H,2-7,9H2,1H3,(H2,16,17,23). The number of carbonyl (C=O) groups excluding carboxylic acids is 1. The van der Waals surface area contributed by atoms with Crippen molar-refractivity contribution in [3.8, 4) is 0 Å². The molecule has 0 saturated heterocycles. The minimum absolute atomic E-state index is 0.247. The van der Waals surface area contributed by atoms with Crippen LogP contribution in [0.2, 0.25) is 0 Å². The number of rotatable bonds is 4. The maximum atomic E-state index is 12.1. The van der Waals surface area contributed by atoms with E-state index >= 15 is 0 Å². The van der Waals surface area contributed by atoms with E-state index in [9.17, 15) is 4.79 Å². The Bertz CT molecular complexity index is 728. The Morgan fingerprint density at radius 3 is 3.04 bits per heavy atom. The summed E-state index contributed by atoms with van der Waals surface area (Å²) in [5.41, 5.74) is 1.06. The molecule has 0 bridgehead atoms. The molecule has 2 aliphatic rings. The zero-order valence-corrected chi connectivity index (χ0v) is 13.2. The molecule has 2 aromatic heterocycles. The highest BCUT2D eigenvalue weighted by Gasteiger charge is 2.27. The van der Waals surface area contributed by atoms with Crippen LogP contribution in [0.4, 0.5) is 10.6 Å². The van der Waals surface area contributed by atoms with E-state index in [1.807, 2.05) is 13.1 Å². The normalized spacial score (nSPS) is 16.9. The number of carbonyl (C=O) groups is 1. The first-order valence-corrected chi connectivity index (χ1v) is 8.20. The number of nitrogens with zero attached hydrogens (tertiary/aromatic N) is 5. The Morgan fingerprint density at radius 2 is 2.22 bits per heavy atom. The quantitative estimate of drug-likeness (QED) is 0.895. The highest BCUT2D eigenvalue weighted by Crippen LogP contribution is 2.39. The van der Waals surface area contributed by atoms with Crippen LogP contribution in [-0.4, -0.2) is 30.6 Å². The van der Waals surface area contributed by atoms with Crippen LogP contribution in [0.25, 0.3) is 0 Å². The monoisotopic (exact) mass is 315 g/mol. The molecule has 0 spiro atoms. The summed E-state index contributed by atoms with van der Waals surface area (Å²) in [6, 6.07) is 1.71. The fourth-order valence-electron chi connectivity index (χ4n) is 3.00. The Kier molecular flexibility index (Phi) is 3.51. The predicted molar refractivity (Wildman–Crippen MR) is 84.0 cm³/mol. The van der Waals surface area contributed by atoms with E-state index in [0.29, 0.717) is 18.3 Å². The van der Waals surface area contributed by atoms with Gasteiger partial charge in [0, 0.05) is 32.0 Å². The highest BCUT2D eigenvalue weighted by molar-refractivity contribution is 5.88. The van der Waals surface area contributed by atoms with Crippen LogP contribution in [0, 0.1) is 0 Å². The van der Waals surface area contributed by atoms with Gasteiger partial charge in [0.2, 0.25) is 0 Å². The van der Waals surface area contributed by atoms with Gasteiger partial charge in [-0.1, -0.05) is 0 Å². The molecule has 3 heterocycles. The van der Waals surface area contributed by atoms with Gasteiger partial charge in [-0.2, -0.15) is 5.10 Å². The molecule has 2 amide bonds. The van der Waals surface area contributed by atoms with Gasteiger partial charge in [-0.05, 0) is 25.7 Å². The van der Waals surface area contributed by atoms with E-state index in [1.165, 1.54) is 12.8 Å². The van der Waals surface area contributed by atoms with Gasteiger partial charge in [0.1, 0.15) is 11.6 Å². The Labute approximate surface area is 134 Å².